The Labute approximate surface area is 433 Å². The zero-order chi connectivity index (χ0) is 50.4. The van der Waals surface area contributed by atoms with Crippen LogP contribution in [0.4, 0.5) is 5.69 Å². The van der Waals surface area contributed by atoms with E-state index in [1.807, 2.05) is 109 Å². The molecule has 0 spiro atoms. The number of rotatable bonds is 21. The second-order valence-electron chi connectivity index (χ2n) is 16.7. The summed E-state index contributed by atoms with van der Waals surface area (Å²) in [6.07, 6.45) is 16.5. The van der Waals surface area contributed by atoms with Gasteiger partial charge in [0.15, 0.2) is 5.78 Å². The molecule has 2 aliphatic rings. The third-order valence-electron chi connectivity index (χ3n) is 11.1. The molecule has 4 aromatic heterocycles. The van der Waals surface area contributed by atoms with Gasteiger partial charge in [0.1, 0.15) is 9.84 Å². The molecule has 20 heteroatoms. The smallest absolute Gasteiger partial charge is 0.253 e. The number of aryl methyl sites for hydroxylation is 1. The van der Waals surface area contributed by atoms with Gasteiger partial charge in [-0.1, -0.05) is 0 Å². The summed E-state index contributed by atoms with van der Waals surface area (Å²) in [5.41, 5.74) is 5.21. The number of benzene rings is 2. The predicted octanol–water partition coefficient (Wildman–Crippen LogP) is 4.73. The predicted molar refractivity (Wildman–Crippen MR) is 267 cm³/mol. The first kappa shape index (κ1) is 55.9. The number of para-hydroxylation sites is 2. The topological polar surface area (TPSA) is 221 Å². The van der Waals surface area contributed by atoms with Crippen LogP contribution in [0.25, 0.3) is 22.8 Å². The van der Waals surface area contributed by atoms with Gasteiger partial charge in [0.05, 0.1) is 48.9 Å². The summed E-state index contributed by atoms with van der Waals surface area (Å²) >= 11 is 0. The summed E-state index contributed by atoms with van der Waals surface area (Å²) in [4.78, 5) is 73.8. The average molecular weight is 1180 g/mol. The van der Waals surface area contributed by atoms with Gasteiger partial charge in [0, 0.05) is 114 Å². The van der Waals surface area contributed by atoms with Crippen molar-refractivity contribution >= 4 is 44.9 Å². The number of hydrogen-bond donors (Lipinski definition) is 2. The Hall–Kier alpha value is -6.99. The van der Waals surface area contributed by atoms with E-state index >= 15 is 0 Å². The van der Waals surface area contributed by atoms with Crippen molar-refractivity contribution in [1.82, 2.24) is 45.1 Å². The molecular weight excluding hydrogens is 1120 g/mol. The van der Waals surface area contributed by atoms with E-state index < -0.39 is 33.5 Å². The van der Waals surface area contributed by atoms with Crippen LogP contribution in [0.2, 0.25) is 0 Å². The monoisotopic (exact) mass is 1180 g/mol. The van der Waals surface area contributed by atoms with Crippen molar-refractivity contribution in [3.8, 4) is 22.8 Å². The summed E-state index contributed by atoms with van der Waals surface area (Å²) in [5, 5.41) is 13.6. The fourth-order valence-corrected chi connectivity index (χ4v) is 8.70. The van der Waals surface area contributed by atoms with Gasteiger partial charge in [-0.05, 0) is 85.9 Å². The van der Waals surface area contributed by atoms with Crippen LogP contribution < -0.4 is 15.5 Å². The van der Waals surface area contributed by atoms with Crippen molar-refractivity contribution in [2.45, 2.75) is 51.5 Å². The number of pyridine rings is 2. The number of sulfone groups is 1. The van der Waals surface area contributed by atoms with Gasteiger partial charge in [0.2, 0.25) is 11.8 Å². The van der Waals surface area contributed by atoms with Gasteiger partial charge in [-0.15, -0.1) is 12.1 Å². The van der Waals surface area contributed by atoms with Crippen LogP contribution >= 0.6 is 0 Å². The quantitative estimate of drug-likeness (QED) is 0.0567. The second-order valence-corrected chi connectivity index (χ2v) is 18.9. The molecule has 2 aromatic carbocycles. The maximum absolute atomic E-state index is 13.6. The van der Waals surface area contributed by atoms with Crippen LogP contribution in [0.3, 0.4) is 0 Å². The third kappa shape index (κ3) is 18.0. The van der Waals surface area contributed by atoms with Crippen molar-refractivity contribution in [1.29, 1.82) is 0 Å². The van der Waals surface area contributed by atoms with Crippen molar-refractivity contribution < 1.29 is 57.2 Å². The Morgan fingerprint density at radius 1 is 0.792 bits per heavy atom. The van der Waals surface area contributed by atoms with Crippen LogP contribution in [0.5, 0.6) is 0 Å². The number of ketones is 1. The number of ether oxygens (including phenoxy) is 1. The molecule has 2 atom stereocenters. The number of amides is 4. The van der Waals surface area contributed by atoms with E-state index in [1.165, 1.54) is 12.2 Å². The Kier molecular flexibility index (Phi) is 22.3. The van der Waals surface area contributed by atoms with Gasteiger partial charge in [-0.2, -0.15) is 58.7 Å². The van der Waals surface area contributed by atoms with Crippen molar-refractivity contribution in [3.05, 3.63) is 152 Å². The zero-order valence-corrected chi connectivity index (χ0v) is 43.3. The summed E-state index contributed by atoms with van der Waals surface area (Å²) in [6.45, 7) is 3.64. The maximum Gasteiger partial charge on any atom is 0.253 e. The number of imide groups is 1. The number of nitrogens with one attached hydrogen (secondary N) is 2. The first-order chi connectivity index (χ1) is 34.3. The van der Waals surface area contributed by atoms with Crippen molar-refractivity contribution in [2.75, 3.05) is 56.3 Å². The van der Waals surface area contributed by atoms with Crippen LogP contribution in [0.15, 0.2) is 134 Å². The molecule has 1 saturated heterocycles. The minimum Gasteiger partial charge on any atom is -0.378 e. The third-order valence-corrected chi connectivity index (χ3v) is 12.2. The van der Waals surface area contributed by atoms with Crippen LogP contribution in [-0.4, -0.2) is 130 Å². The number of carbonyl (C=O) groups excluding carboxylic acids is 5. The van der Waals surface area contributed by atoms with E-state index in [-0.39, 0.29) is 89.3 Å². The van der Waals surface area contributed by atoms with Crippen LogP contribution in [0, 0.1) is 25.0 Å². The second kappa shape index (κ2) is 28.8. The molecule has 381 valence electrons. The number of aromatic nitrogens is 6. The molecule has 2 aliphatic heterocycles. The van der Waals surface area contributed by atoms with E-state index in [2.05, 4.69) is 42.9 Å². The van der Waals surface area contributed by atoms with Crippen LogP contribution in [0.1, 0.15) is 44.1 Å². The van der Waals surface area contributed by atoms with E-state index in [1.54, 1.807) is 34.2 Å². The molecule has 0 bridgehead atoms. The average Bonchev–Trinajstić information content (AvgIpc) is 4.23. The standard InChI is InChI=1S/C34H44N6O8S.2C9H7N2.Ir/c1-24-10-13-35-27(20-24)28-22-26(11-14-36-28)39-16-5-6-29(39)30(41)21-25(23-49(2,46)47)34(45)38-12-4-3-7-31(42)37-15-18-48-19-17-40-32(43)8-9-33(40)44;2*1-2-5-9(6-3-1)11-8-4-7-10-11;/h8-11,13-14,20,22,25,29H,3-7,12,15-19,21,23H2,1-2H3,(H,37,42)(H,38,45);2*1-5,7-8H;/q;2*-1;. The number of carbonyl (C=O) groups is 5. The molecule has 1 radical (unpaired) electrons. The van der Waals surface area contributed by atoms with E-state index in [4.69, 9.17) is 4.74 Å². The SMILES string of the molecule is Cc1ccnc(-c2cc(N3CCCC3C(=O)CC(CS(C)(=O)=O)C(=O)NCCCCC(=O)NCCOCCN3C(=O)C=CC3=O)ccn2)c1.[Ir].[c-]1ccccc1-n1cccn1.[c-]1ccccc1-n1cccn1. The number of anilines is 1. The molecular formula is C52H58IrN10O8S-2. The molecule has 6 aromatic rings. The fraction of sp³-hybridized carbons (Fsp3) is 0.327. The molecule has 18 nitrogen and oxygen atoms in total. The summed E-state index contributed by atoms with van der Waals surface area (Å²) in [7, 11) is -3.55. The molecule has 0 aliphatic carbocycles. The van der Waals surface area contributed by atoms with E-state index in [0.717, 1.165) is 45.9 Å². The molecule has 6 heterocycles. The molecule has 2 unspecified atom stereocenters. The van der Waals surface area contributed by atoms with Crippen LogP contribution in [-0.2, 0) is 58.7 Å². The molecule has 0 saturated carbocycles. The fourth-order valence-electron chi connectivity index (χ4n) is 7.70. The largest absolute Gasteiger partial charge is 0.378 e. The van der Waals surface area contributed by atoms with Crippen molar-refractivity contribution in [3.63, 3.8) is 0 Å². The maximum atomic E-state index is 13.6. The zero-order valence-electron chi connectivity index (χ0n) is 40.1. The first-order valence-corrected chi connectivity index (χ1v) is 25.4. The number of unbranched alkanes of at least 4 members (excludes halogenated alkanes) is 1. The Morgan fingerprint density at radius 2 is 1.43 bits per heavy atom. The van der Waals surface area contributed by atoms with Gasteiger partial charge < -0.3 is 20.3 Å². The first-order valence-electron chi connectivity index (χ1n) is 23.3. The Balaban J connectivity index is 0.000000336. The molecule has 72 heavy (non-hydrogen) atoms. The number of hydrogen-bond acceptors (Lipinski definition) is 13. The van der Waals surface area contributed by atoms with Gasteiger partial charge in [0.25, 0.3) is 11.8 Å². The minimum absolute atomic E-state index is 0. The molecule has 1 fully saturated rings. The van der Waals surface area contributed by atoms with Crippen molar-refractivity contribution in [2.24, 2.45) is 5.92 Å². The Morgan fingerprint density at radius 3 is 2.01 bits per heavy atom. The molecule has 8 rings (SSSR count). The number of nitrogens with zero attached hydrogens (tertiary/aromatic N) is 8. The summed E-state index contributed by atoms with van der Waals surface area (Å²) in [6, 6.07) is 32.5. The van der Waals surface area contributed by atoms with Gasteiger partial charge in [-0.25, -0.2) is 8.42 Å². The molecule has 2 N–H and O–H groups in total. The summed E-state index contributed by atoms with van der Waals surface area (Å²) < 4.78 is 33.4. The Bertz CT molecular complexity index is 2710. The number of Topliss-reactive ketones (excluding diaryl/α,β-unsaturated/α-hetero) is 1. The summed E-state index contributed by atoms with van der Waals surface area (Å²) in [5.74, 6) is -3.11. The normalized spacial score (nSPS) is 14.3. The van der Waals surface area contributed by atoms with E-state index in [9.17, 15) is 32.4 Å². The van der Waals surface area contributed by atoms with E-state index in [0.29, 0.717) is 31.5 Å². The van der Waals surface area contributed by atoms with Gasteiger partial charge >= 0.3 is 0 Å². The van der Waals surface area contributed by atoms with Gasteiger partial charge in [-0.3, -0.25) is 48.2 Å². The minimum atomic E-state index is -3.55. The molecule has 4 amide bonds.